The second-order valence-electron chi connectivity index (χ2n) is 6.30. The summed E-state index contributed by atoms with van der Waals surface area (Å²) in [6, 6.07) is 13.4. The van der Waals surface area contributed by atoms with Gasteiger partial charge in [0.1, 0.15) is 11.6 Å². The van der Waals surface area contributed by atoms with E-state index in [0.29, 0.717) is 30.5 Å². The van der Waals surface area contributed by atoms with Crippen LogP contribution in [0.2, 0.25) is 0 Å². The molecule has 158 valence electrons. The van der Waals surface area contributed by atoms with Gasteiger partial charge in [0.25, 0.3) is 0 Å². The Morgan fingerprint density at radius 2 is 1.77 bits per heavy atom. The molecule has 9 heteroatoms. The first-order chi connectivity index (χ1) is 14.6. The first-order valence-electron chi connectivity index (χ1n) is 9.66. The molecular weight excluding hydrogens is 405 g/mol. The number of carbonyl (C=O) groups is 1. The van der Waals surface area contributed by atoms with Gasteiger partial charge in [0.15, 0.2) is 11.0 Å². The highest BCUT2D eigenvalue weighted by atomic mass is 32.2. The maximum Gasteiger partial charge on any atom is 0.234 e. The number of hydrogen-bond donors (Lipinski definition) is 2. The average Bonchev–Trinajstić information content (AvgIpc) is 3.15. The number of rotatable bonds is 10. The third kappa shape index (κ3) is 5.96. The first kappa shape index (κ1) is 21.6. The van der Waals surface area contributed by atoms with Crippen LogP contribution in [0.1, 0.15) is 19.7 Å². The summed E-state index contributed by atoms with van der Waals surface area (Å²) in [6.07, 6.45) is 0. The van der Waals surface area contributed by atoms with Gasteiger partial charge in [-0.05, 0) is 62.4 Å². The molecule has 0 spiro atoms. The molecule has 0 saturated heterocycles. The summed E-state index contributed by atoms with van der Waals surface area (Å²) >= 11 is 1.33. The Morgan fingerprint density at radius 1 is 1.07 bits per heavy atom. The molecule has 0 fully saturated rings. The molecule has 0 radical (unpaired) electrons. The zero-order chi connectivity index (χ0) is 21.3. The van der Waals surface area contributed by atoms with Crippen LogP contribution in [0, 0.1) is 5.82 Å². The van der Waals surface area contributed by atoms with Crippen LogP contribution in [0.3, 0.4) is 0 Å². The molecule has 0 bridgehead atoms. The zero-order valence-electron chi connectivity index (χ0n) is 16.9. The van der Waals surface area contributed by atoms with Gasteiger partial charge in [0, 0.05) is 17.9 Å². The normalized spacial score (nSPS) is 10.6. The van der Waals surface area contributed by atoms with Gasteiger partial charge < -0.3 is 19.9 Å². The van der Waals surface area contributed by atoms with Crippen molar-refractivity contribution in [3.05, 3.63) is 60.2 Å². The highest BCUT2D eigenvalue weighted by Gasteiger charge is 2.13. The topological polar surface area (TPSA) is 81.1 Å². The molecule has 1 heterocycles. The van der Waals surface area contributed by atoms with Crippen LogP contribution in [-0.2, 0) is 17.9 Å². The van der Waals surface area contributed by atoms with Gasteiger partial charge in [0.2, 0.25) is 5.91 Å². The Hall–Kier alpha value is -3.07. The van der Waals surface area contributed by atoms with Gasteiger partial charge in [-0.3, -0.25) is 4.79 Å². The number of benzene rings is 2. The fraction of sp³-hybridized carbons (Fsp3) is 0.286. The second kappa shape index (κ2) is 10.6. The Labute approximate surface area is 179 Å². The van der Waals surface area contributed by atoms with Crippen molar-refractivity contribution >= 4 is 29.0 Å². The van der Waals surface area contributed by atoms with E-state index in [4.69, 9.17) is 4.74 Å². The maximum absolute atomic E-state index is 13.0. The van der Waals surface area contributed by atoms with Crippen molar-refractivity contribution in [2.75, 3.05) is 23.0 Å². The summed E-state index contributed by atoms with van der Waals surface area (Å²) in [4.78, 5) is 12.3. The smallest absolute Gasteiger partial charge is 0.234 e. The van der Waals surface area contributed by atoms with Crippen molar-refractivity contribution in [3.8, 4) is 5.75 Å². The SMILES string of the molecule is CCOc1ccc(NC(=O)CSc2nnc(CNc3ccc(F)cc3)n2CC)cc1. The summed E-state index contributed by atoms with van der Waals surface area (Å²) in [5.41, 5.74) is 1.51. The van der Waals surface area contributed by atoms with Crippen molar-refractivity contribution in [2.45, 2.75) is 32.1 Å². The molecule has 1 aromatic heterocycles. The molecule has 0 aliphatic carbocycles. The monoisotopic (exact) mass is 429 g/mol. The minimum absolute atomic E-state index is 0.124. The summed E-state index contributed by atoms with van der Waals surface area (Å²) < 4.78 is 20.4. The zero-order valence-corrected chi connectivity index (χ0v) is 17.7. The predicted molar refractivity (Wildman–Crippen MR) is 116 cm³/mol. The molecule has 1 amide bonds. The van der Waals surface area contributed by atoms with Crippen LogP contribution in [0.25, 0.3) is 0 Å². The molecule has 7 nitrogen and oxygen atoms in total. The standard InChI is InChI=1S/C21H24FN5O2S/c1-3-27-19(13-23-16-7-5-15(22)6-8-16)25-26-21(27)30-14-20(28)24-17-9-11-18(12-10-17)29-4-2/h5-12,23H,3-4,13-14H2,1-2H3,(H,24,28). The molecule has 3 aromatic rings. The molecular formula is C21H24FN5O2S. The molecule has 0 saturated carbocycles. The minimum atomic E-state index is -0.278. The Balaban J connectivity index is 1.53. The molecule has 0 atom stereocenters. The Kier molecular flexibility index (Phi) is 7.67. The van der Waals surface area contributed by atoms with Crippen LogP contribution in [0.5, 0.6) is 5.75 Å². The van der Waals surface area contributed by atoms with Gasteiger partial charge in [-0.25, -0.2) is 4.39 Å². The molecule has 0 unspecified atom stereocenters. The van der Waals surface area contributed by atoms with Gasteiger partial charge in [-0.2, -0.15) is 0 Å². The number of halogens is 1. The fourth-order valence-corrected chi connectivity index (χ4v) is 3.57. The van der Waals surface area contributed by atoms with E-state index in [0.717, 1.165) is 17.3 Å². The van der Waals surface area contributed by atoms with Crippen molar-refractivity contribution in [3.63, 3.8) is 0 Å². The lowest BCUT2D eigenvalue weighted by Gasteiger charge is -2.09. The van der Waals surface area contributed by atoms with E-state index in [2.05, 4.69) is 20.8 Å². The Bertz CT molecular complexity index is 961. The van der Waals surface area contributed by atoms with Crippen LogP contribution < -0.4 is 15.4 Å². The van der Waals surface area contributed by atoms with Crippen molar-refractivity contribution in [1.82, 2.24) is 14.8 Å². The first-order valence-corrected chi connectivity index (χ1v) is 10.6. The van der Waals surface area contributed by atoms with E-state index in [-0.39, 0.29) is 17.5 Å². The second-order valence-corrected chi connectivity index (χ2v) is 7.24. The van der Waals surface area contributed by atoms with Crippen molar-refractivity contribution in [1.29, 1.82) is 0 Å². The number of amides is 1. The minimum Gasteiger partial charge on any atom is -0.494 e. The molecule has 0 aliphatic heterocycles. The number of nitrogens with zero attached hydrogens (tertiary/aromatic N) is 3. The van der Waals surface area contributed by atoms with Crippen LogP contribution >= 0.6 is 11.8 Å². The predicted octanol–water partition coefficient (Wildman–Crippen LogP) is 4.18. The van der Waals surface area contributed by atoms with E-state index < -0.39 is 0 Å². The highest BCUT2D eigenvalue weighted by Crippen LogP contribution is 2.20. The quantitative estimate of drug-likeness (QED) is 0.471. The molecule has 2 aromatic carbocycles. The van der Waals surface area contributed by atoms with Gasteiger partial charge >= 0.3 is 0 Å². The van der Waals surface area contributed by atoms with E-state index in [1.807, 2.05) is 30.5 Å². The number of nitrogens with one attached hydrogen (secondary N) is 2. The largest absolute Gasteiger partial charge is 0.494 e. The van der Waals surface area contributed by atoms with E-state index in [1.165, 1.54) is 23.9 Å². The number of hydrogen-bond acceptors (Lipinski definition) is 6. The lowest BCUT2D eigenvalue weighted by atomic mass is 10.3. The van der Waals surface area contributed by atoms with Crippen molar-refractivity contribution < 1.29 is 13.9 Å². The Morgan fingerprint density at radius 3 is 2.43 bits per heavy atom. The summed E-state index contributed by atoms with van der Waals surface area (Å²) in [5, 5.41) is 15.2. The molecule has 2 N–H and O–H groups in total. The number of ether oxygens (including phenoxy) is 1. The van der Waals surface area contributed by atoms with Gasteiger partial charge in [-0.1, -0.05) is 11.8 Å². The van der Waals surface area contributed by atoms with E-state index in [9.17, 15) is 9.18 Å². The fourth-order valence-electron chi connectivity index (χ4n) is 2.75. The van der Waals surface area contributed by atoms with Crippen molar-refractivity contribution in [2.24, 2.45) is 0 Å². The lowest BCUT2D eigenvalue weighted by molar-refractivity contribution is -0.113. The highest BCUT2D eigenvalue weighted by molar-refractivity contribution is 7.99. The third-order valence-corrected chi connectivity index (χ3v) is 5.15. The number of aromatic nitrogens is 3. The van der Waals surface area contributed by atoms with Crippen LogP contribution in [0.15, 0.2) is 53.7 Å². The van der Waals surface area contributed by atoms with Crippen LogP contribution in [0.4, 0.5) is 15.8 Å². The molecule has 30 heavy (non-hydrogen) atoms. The number of anilines is 2. The summed E-state index contributed by atoms with van der Waals surface area (Å²) in [5.74, 6) is 1.33. The lowest BCUT2D eigenvalue weighted by Crippen LogP contribution is -2.15. The van der Waals surface area contributed by atoms with Gasteiger partial charge in [0.05, 0.1) is 18.9 Å². The number of carbonyl (C=O) groups excluding carboxylic acids is 1. The van der Waals surface area contributed by atoms with E-state index in [1.54, 1.807) is 24.3 Å². The molecule has 0 aliphatic rings. The average molecular weight is 430 g/mol. The summed E-state index contributed by atoms with van der Waals surface area (Å²) in [6.45, 7) is 5.64. The summed E-state index contributed by atoms with van der Waals surface area (Å²) in [7, 11) is 0. The number of thioether (sulfide) groups is 1. The van der Waals surface area contributed by atoms with Gasteiger partial charge in [-0.15, -0.1) is 10.2 Å². The maximum atomic E-state index is 13.0. The third-order valence-electron chi connectivity index (χ3n) is 4.19. The molecule has 3 rings (SSSR count). The van der Waals surface area contributed by atoms with Crippen LogP contribution in [-0.4, -0.2) is 33.0 Å². The van der Waals surface area contributed by atoms with E-state index >= 15 is 0 Å².